The zero-order valence-corrected chi connectivity index (χ0v) is 23.0. The average Bonchev–Trinajstić information content (AvgIpc) is 3.11. The highest BCUT2D eigenvalue weighted by atomic mass is 35.5. The molecule has 4 rings (SSSR count). The van der Waals surface area contributed by atoms with Gasteiger partial charge in [0.2, 0.25) is 0 Å². The van der Waals surface area contributed by atoms with E-state index < -0.39 is 5.91 Å². The Bertz CT molecular complexity index is 1350. The number of hydrogen-bond acceptors (Lipinski definition) is 4. The molecule has 1 amide bonds. The topological polar surface area (TPSA) is 60.3 Å². The highest BCUT2D eigenvalue weighted by Crippen LogP contribution is 2.37. The molecule has 0 saturated carbocycles. The zero-order valence-electron chi connectivity index (χ0n) is 19.2. The standard InChI is InChI=1S/C25H20Cl5N5O/c1-3-34(4-2)17-8-6-16(7-9-17)31-22-24(32-21-10-5-14(26)11-18(21)28)33-35(25(22)36)23-19(29)12-15(27)13-20(23)30/h5-13H,3-4H2,1-2H3,(H,32,33). The molecule has 1 fully saturated rings. The van der Waals surface area contributed by atoms with Gasteiger partial charge in [-0.05, 0) is 68.4 Å². The number of halogens is 5. The number of hydrogen-bond donors (Lipinski definition) is 1. The van der Waals surface area contributed by atoms with E-state index in [0.717, 1.165) is 18.8 Å². The van der Waals surface area contributed by atoms with E-state index in [1.54, 1.807) is 18.2 Å². The molecule has 1 aliphatic heterocycles. The molecule has 0 bridgehead atoms. The molecular formula is C25H20Cl5N5O. The molecule has 3 aromatic carbocycles. The number of nitrogens with zero attached hydrogens (tertiary/aromatic N) is 4. The van der Waals surface area contributed by atoms with Crippen molar-refractivity contribution in [2.75, 3.05) is 23.0 Å². The van der Waals surface area contributed by atoms with Crippen LogP contribution >= 0.6 is 58.0 Å². The molecule has 6 nitrogen and oxygen atoms in total. The molecule has 186 valence electrons. The van der Waals surface area contributed by atoms with Gasteiger partial charge >= 0.3 is 0 Å². The van der Waals surface area contributed by atoms with Crippen molar-refractivity contribution in [1.82, 2.24) is 5.43 Å². The predicted octanol–water partition coefficient (Wildman–Crippen LogP) is 8.15. The summed E-state index contributed by atoms with van der Waals surface area (Å²) in [5, 5.41) is 2.66. The number of nitrogens with one attached hydrogen (secondary N) is 1. The first-order valence-electron chi connectivity index (χ1n) is 10.9. The summed E-state index contributed by atoms with van der Waals surface area (Å²) < 4.78 is 0. The molecule has 1 N–H and O–H groups in total. The lowest BCUT2D eigenvalue weighted by atomic mass is 10.2. The normalized spacial score (nSPS) is 15.6. The first-order chi connectivity index (χ1) is 17.2. The van der Waals surface area contributed by atoms with Gasteiger partial charge in [0.15, 0.2) is 11.5 Å². The number of carbonyl (C=O) groups excluding carboxylic acids is 1. The second kappa shape index (κ2) is 11.3. The SMILES string of the molecule is CCN(CC)c1ccc(N=C2C(=O)N(c3c(Cl)cc(Cl)cc3Cl)NC2=Nc2ccc(Cl)cc2Cl)cc1. The maximum absolute atomic E-state index is 13.5. The molecule has 0 atom stereocenters. The monoisotopic (exact) mass is 581 g/mol. The minimum atomic E-state index is -0.502. The molecule has 0 spiro atoms. The van der Waals surface area contributed by atoms with E-state index in [9.17, 15) is 4.79 Å². The van der Waals surface area contributed by atoms with Crippen molar-refractivity contribution >= 4 is 98.2 Å². The Balaban J connectivity index is 1.80. The second-order valence-corrected chi connectivity index (χ2v) is 9.77. The molecule has 0 aromatic heterocycles. The third-order valence-corrected chi connectivity index (χ3v) is 6.75. The Labute approximate surface area is 234 Å². The van der Waals surface area contributed by atoms with Crippen LogP contribution in [0.4, 0.5) is 22.7 Å². The Morgan fingerprint density at radius 1 is 0.806 bits per heavy atom. The number of rotatable bonds is 6. The van der Waals surface area contributed by atoms with Gasteiger partial charge in [0, 0.05) is 28.8 Å². The molecule has 36 heavy (non-hydrogen) atoms. The highest BCUT2D eigenvalue weighted by Gasteiger charge is 2.37. The Morgan fingerprint density at radius 2 is 1.42 bits per heavy atom. The number of hydrazine groups is 1. The third-order valence-electron chi connectivity index (χ3n) is 5.41. The van der Waals surface area contributed by atoms with Gasteiger partial charge in [-0.2, -0.15) is 0 Å². The fourth-order valence-electron chi connectivity index (χ4n) is 3.65. The summed E-state index contributed by atoms with van der Waals surface area (Å²) in [7, 11) is 0. The van der Waals surface area contributed by atoms with Crippen LogP contribution in [0.1, 0.15) is 13.8 Å². The van der Waals surface area contributed by atoms with Crippen molar-refractivity contribution in [2.45, 2.75) is 13.8 Å². The Kier molecular flexibility index (Phi) is 8.33. The Hall–Kier alpha value is -2.48. The van der Waals surface area contributed by atoms with E-state index in [1.807, 2.05) is 24.3 Å². The summed E-state index contributed by atoms with van der Waals surface area (Å²) in [5.74, 6) is -0.336. The summed E-state index contributed by atoms with van der Waals surface area (Å²) in [6.45, 7) is 5.94. The summed E-state index contributed by atoms with van der Waals surface area (Å²) >= 11 is 31.2. The smallest absolute Gasteiger partial charge is 0.299 e. The van der Waals surface area contributed by atoms with Gasteiger partial charge in [-0.15, -0.1) is 0 Å². The summed E-state index contributed by atoms with van der Waals surface area (Å²) in [6.07, 6.45) is 0. The lowest BCUT2D eigenvalue weighted by Gasteiger charge is -2.20. The van der Waals surface area contributed by atoms with Crippen molar-refractivity contribution in [2.24, 2.45) is 9.98 Å². The molecule has 0 radical (unpaired) electrons. The van der Waals surface area contributed by atoms with Gasteiger partial charge in [0.1, 0.15) is 5.69 Å². The lowest BCUT2D eigenvalue weighted by Crippen LogP contribution is -2.36. The maximum atomic E-state index is 13.5. The number of aliphatic imine (C=N–C) groups is 2. The number of carbonyl (C=O) groups is 1. The number of benzene rings is 3. The molecular weight excluding hydrogens is 564 g/mol. The van der Waals surface area contributed by atoms with Crippen LogP contribution in [0.5, 0.6) is 0 Å². The number of anilines is 2. The van der Waals surface area contributed by atoms with Crippen LogP contribution in [0.2, 0.25) is 25.1 Å². The molecule has 0 unspecified atom stereocenters. The van der Waals surface area contributed by atoms with Crippen LogP contribution in [0.25, 0.3) is 0 Å². The van der Waals surface area contributed by atoms with Gasteiger partial charge < -0.3 is 4.90 Å². The van der Waals surface area contributed by atoms with Gasteiger partial charge in [-0.1, -0.05) is 58.0 Å². The molecule has 1 saturated heterocycles. The van der Waals surface area contributed by atoms with Crippen LogP contribution in [0, 0.1) is 0 Å². The molecule has 1 heterocycles. The van der Waals surface area contributed by atoms with Crippen molar-refractivity contribution in [1.29, 1.82) is 0 Å². The Morgan fingerprint density at radius 3 is 2.00 bits per heavy atom. The van der Waals surface area contributed by atoms with Crippen LogP contribution in [0.15, 0.2) is 64.6 Å². The molecule has 0 aliphatic carbocycles. The lowest BCUT2D eigenvalue weighted by molar-refractivity contribution is -0.112. The summed E-state index contributed by atoms with van der Waals surface area (Å²) in [6, 6.07) is 15.4. The van der Waals surface area contributed by atoms with Gasteiger partial charge in [-0.3, -0.25) is 10.2 Å². The fourth-order valence-corrected chi connectivity index (χ4v) is 5.09. The van der Waals surface area contributed by atoms with E-state index in [4.69, 9.17) is 58.0 Å². The van der Waals surface area contributed by atoms with E-state index in [1.165, 1.54) is 17.1 Å². The van der Waals surface area contributed by atoms with Crippen molar-refractivity contribution in [3.8, 4) is 0 Å². The minimum absolute atomic E-state index is 0.0543. The number of amidine groups is 1. The van der Waals surface area contributed by atoms with Gasteiger partial charge in [0.25, 0.3) is 5.91 Å². The van der Waals surface area contributed by atoms with Crippen LogP contribution in [-0.4, -0.2) is 30.5 Å². The number of amides is 1. The van der Waals surface area contributed by atoms with Gasteiger partial charge in [0.05, 0.1) is 26.4 Å². The molecule has 11 heteroatoms. The zero-order chi connectivity index (χ0) is 26.0. The van der Waals surface area contributed by atoms with E-state index >= 15 is 0 Å². The van der Waals surface area contributed by atoms with Crippen LogP contribution in [0.3, 0.4) is 0 Å². The van der Waals surface area contributed by atoms with Crippen molar-refractivity contribution < 1.29 is 4.79 Å². The molecule has 3 aromatic rings. The average molecular weight is 584 g/mol. The summed E-state index contributed by atoms with van der Waals surface area (Å²) in [5.41, 5.74) is 5.27. The minimum Gasteiger partial charge on any atom is -0.372 e. The quantitative estimate of drug-likeness (QED) is 0.319. The van der Waals surface area contributed by atoms with Crippen molar-refractivity contribution in [3.63, 3.8) is 0 Å². The third kappa shape index (κ3) is 5.58. The van der Waals surface area contributed by atoms with Crippen molar-refractivity contribution in [3.05, 3.63) is 79.7 Å². The first kappa shape index (κ1) is 26.6. The first-order valence-corrected chi connectivity index (χ1v) is 12.8. The predicted molar refractivity (Wildman–Crippen MR) is 153 cm³/mol. The highest BCUT2D eigenvalue weighted by molar-refractivity contribution is 6.72. The molecule has 1 aliphatic rings. The van der Waals surface area contributed by atoms with E-state index in [2.05, 4.69) is 34.2 Å². The van der Waals surface area contributed by atoms with E-state index in [0.29, 0.717) is 26.4 Å². The fraction of sp³-hybridized carbons (Fsp3) is 0.160. The summed E-state index contributed by atoms with van der Waals surface area (Å²) in [4.78, 5) is 24.9. The second-order valence-electron chi connectivity index (χ2n) is 7.68. The van der Waals surface area contributed by atoms with Crippen LogP contribution < -0.4 is 15.3 Å². The van der Waals surface area contributed by atoms with Gasteiger partial charge in [-0.25, -0.2) is 15.0 Å². The van der Waals surface area contributed by atoms with E-state index in [-0.39, 0.29) is 27.3 Å². The largest absolute Gasteiger partial charge is 0.372 e. The maximum Gasteiger partial charge on any atom is 0.299 e. The van der Waals surface area contributed by atoms with Crippen LogP contribution in [-0.2, 0) is 4.79 Å².